The summed E-state index contributed by atoms with van der Waals surface area (Å²) >= 11 is 3.30. The van der Waals surface area contributed by atoms with Crippen LogP contribution in [0.5, 0.6) is 0 Å². The second-order valence-electron chi connectivity index (χ2n) is 6.94. The Balaban J connectivity index is 1.60. The van der Waals surface area contributed by atoms with E-state index in [0.29, 0.717) is 27.0 Å². The van der Waals surface area contributed by atoms with Crippen molar-refractivity contribution in [3.05, 3.63) is 82.0 Å². The molecule has 0 spiro atoms. The number of ether oxygens (including phenoxy) is 1. The number of anilines is 1. The van der Waals surface area contributed by atoms with E-state index >= 15 is 0 Å². The van der Waals surface area contributed by atoms with Gasteiger partial charge in [0, 0.05) is 10.0 Å². The summed E-state index contributed by atoms with van der Waals surface area (Å²) in [4.78, 5) is 50.3. The molecule has 166 valence electrons. The molecule has 4 amide bonds. The highest BCUT2D eigenvalue weighted by Gasteiger charge is 2.37. The number of esters is 1. The van der Waals surface area contributed by atoms with Crippen molar-refractivity contribution in [3.8, 4) is 11.3 Å². The second-order valence-corrected chi connectivity index (χ2v) is 7.85. The van der Waals surface area contributed by atoms with E-state index in [0.717, 1.165) is 4.90 Å². The summed E-state index contributed by atoms with van der Waals surface area (Å²) in [6, 6.07) is 15.7. The Labute approximate surface area is 197 Å². The van der Waals surface area contributed by atoms with Gasteiger partial charge in [-0.15, -0.1) is 0 Å². The molecule has 0 saturated carbocycles. The van der Waals surface area contributed by atoms with E-state index in [2.05, 4.69) is 21.2 Å². The third kappa shape index (κ3) is 4.63. The molecule has 2 aromatic carbocycles. The maximum atomic E-state index is 13.0. The molecule has 0 atom stereocenters. The average molecular weight is 509 g/mol. The summed E-state index contributed by atoms with van der Waals surface area (Å²) < 4.78 is 11.4. The summed E-state index contributed by atoms with van der Waals surface area (Å²) in [5.74, 6) is -1.27. The number of carbonyl (C=O) groups is 4. The van der Waals surface area contributed by atoms with Crippen LogP contribution < -0.4 is 10.2 Å². The number of furan rings is 1. The van der Waals surface area contributed by atoms with Crippen LogP contribution in [-0.2, 0) is 14.3 Å². The van der Waals surface area contributed by atoms with Crippen LogP contribution in [0.3, 0.4) is 0 Å². The zero-order chi connectivity index (χ0) is 23.5. The Morgan fingerprint density at radius 1 is 1.09 bits per heavy atom. The molecule has 1 fully saturated rings. The highest BCUT2D eigenvalue weighted by atomic mass is 79.9. The first kappa shape index (κ1) is 22.2. The number of benzene rings is 2. The number of halogens is 1. The van der Waals surface area contributed by atoms with Crippen LogP contribution in [0.25, 0.3) is 17.4 Å². The summed E-state index contributed by atoms with van der Waals surface area (Å²) in [6.45, 7) is 2.02. The van der Waals surface area contributed by atoms with Crippen LogP contribution in [0.2, 0.25) is 0 Å². The van der Waals surface area contributed by atoms with Crippen molar-refractivity contribution >= 4 is 51.5 Å². The Kier molecular flexibility index (Phi) is 6.23. The molecule has 1 aromatic heterocycles. The summed E-state index contributed by atoms with van der Waals surface area (Å²) in [6.07, 6.45) is 1.28. The van der Waals surface area contributed by atoms with Crippen molar-refractivity contribution in [2.75, 3.05) is 11.5 Å². The van der Waals surface area contributed by atoms with Gasteiger partial charge in [0.05, 0.1) is 17.9 Å². The van der Waals surface area contributed by atoms with Crippen LogP contribution in [-0.4, -0.2) is 30.4 Å². The van der Waals surface area contributed by atoms with Gasteiger partial charge in [-0.3, -0.25) is 14.9 Å². The van der Waals surface area contributed by atoms with Gasteiger partial charge in [-0.25, -0.2) is 14.5 Å². The molecule has 0 bridgehead atoms. The fraction of sp³-hybridized carbons (Fsp3) is 0.0833. The monoisotopic (exact) mass is 508 g/mol. The number of urea groups is 1. The van der Waals surface area contributed by atoms with Gasteiger partial charge in [0.15, 0.2) is 0 Å². The zero-order valence-electron chi connectivity index (χ0n) is 17.3. The molecule has 2 heterocycles. The third-order valence-corrected chi connectivity index (χ3v) is 5.26. The largest absolute Gasteiger partial charge is 0.462 e. The third-order valence-electron chi connectivity index (χ3n) is 4.76. The van der Waals surface area contributed by atoms with Crippen molar-refractivity contribution in [2.45, 2.75) is 6.92 Å². The second kappa shape index (κ2) is 9.25. The average Bonchev–Trinajstić information content (AvgIpc) is 3.25. The van der Waals surface area contributed by atoms with E-state index in [1.165, 1.54) is 6.08 Å². The Hall–Kier alpha value is -3.98. The summed E-state index contributed by atoms with van der Waals surface area (Å²) in [5.41, 5.74) is 1.18. The lowest BCUT2D eigenvalue weighted by atomic mass is 10.1. The number of hydrogen-bond donors (Lipinski definition) is 1. The van der Waals surface area contributed by atoms with Crippen LogP contribution in [0, 0.1) is 0 Å². The first-order valence-electron chi connectivity index (χ1n) is 9.92. The van der Waals surface area contributed by atoms with E-state index in [9.17, 15) is 19.2 Å². The van der Waals surface area contributed by atoms with Crippen molar-refractivity contribution in [3.63, 3.8) is 0 Å². The smallest absolute Gasteiger partial charge is 0.338 e. The molecule has 4 rings (SSSR count). The van der Waals surface area contributed by atoms with Crippen molar-refractivity contribution in [1.29, 1.82) is 0 Å². The first-order valence-corrected chi connectivity index (χ1v) is 10.7. The minimum absolute atomic E-state index is 0.242. The predicted octanol–water partition coefficient (Wildman–Crippen LogP) is 4.55. The van der Waals surface area contributed by atoms with Gasteiger partial charge in [-0.1, -0.05) is 34.1 Å². The van der Waals surface area contributed by atoms with Gasteiger partial charge in [-0.2, -0.15) is 0 Å². The molecular formula is C24H17BrN2O6. The van der Waals surface area contributed by atoms with Crippen molar-refractivity contribution in [2.24, 2.45) is 0 Å². The molecule has 1 aliphatic heterocycles. The molecule has 1 saturated heterocycles. The molecule has 0 radical (unpaired) electrons. The van der Waals surface area contributed by atoms with Crippen molar-refractivity contribution in [1.82, 2.24) is 5.32 Å². The minimum Gasteiger partial charge on any atom is -0.462 e. The fourth-order valence-electron chi connectivity index (χ4n) is 3.22. The molecular weight excluding hydrogens is 492 g/mol. The lowest BCUT2D eigenvalue weighted by Crippen LogP contribution is -2.54. The number of nitrogens with zero attached hydrogens (tertiary/aromatic N) is 1. The van der Waals surface area contributed by atoms with E-state index in [-0.39, 0.29) is 17.9 Å². The van der Waals surface area contributed by atoms with Gasteiger partial charge < -0.3 is 9.15 Å². The van der Waals surface area contributed by atoms with Gasteiger partial charge >= 0.3 is 12.0 Å². The predicted molar refractivity (Wildman–Crippen MR) is 123 cm³/mol. The molecule has 0 unspecified atom stereocenters. The molecule has 9 heteroatoms. The Bertz CT molecular complexity index is 1290. The van der Waals surface area contributed by atoms with E-state index in [1.54, 1.807) is 67.6 Å². The van der Waals surface area contributed by atoms with Gasteiger partial charge in [-0.05, 0) is 55.5 Å². The molecule has 8 nitrogen and oxygen atoms in total. The molecule has 1 aliphatic rings. The van der Waals surface area contributed by atoms with Crippen LogP contribution in [0.4, 0.5) is 10.5 Å². The van der Waals surface area contributed by atoms with E-state index in [4.69, 9.17) is 9.15 Å². The van der Waals surface area contributed by atoms with Gasteiger partial charge in [0.2, 0.25) is 0 Å². The van der Waals surface area contributed by atoms with Crippen LogP contribution >= 0.6 is 15.9 Å². The molecule has 0 aliphatic carbocycles. The normalized spacial score (nSPS) is 15.0. The standard InChI is InChI=1S/C24H17BrN2O6/c1-2-32-23(30)15-8-6-14(7-9-15)20-11-10-18(33-20)13-19-21(28)26-24(31)27(22(19)29)17-5-3-4-16(25)12-17/h3-13H,2H2,1H3,(H,26,28,31)/b19-13+. The zero-order valence-corrected chi connectivity index (χ0v) is 18.9. The lowest BCUT2D eigenvalue weighted by molar-refractivity contribution is -0.122. The topological polar surface area (TPSA) is 106 Å². The number of carbonyl (C=O) groups excluding carboxylic acids is 4. The Morgan fingerprint density at radius 2 is 1.85 bits per heavy atom. The number of nitrogens with one attached hydrogen (secondary N) is 1. The molecule has 33 heavy (non-hydrogen) atoms. The molecule has 1 N–H and O–H groups in total. The fourth-order valence-corrected chi connectivity index (χ4v) is 3.61. The van der Waals surface area contributed by atoms with E-state index in [1.807, 2.05) is 0 Å². The minimum atomic E-state index is -0.831. The quantitative estimate of drug-likeness (QED) is 0.307. The van der Waals surface area contributed by atoms with Gasteiger partial charge in [0.1, 0.15) is 17.1 Å². The van der Waals surface area contributed by atoms with Crippen molar-refractivity contribution < 1.29 is 28.3 Å². The van der Waals surface area contributed by atoms with Crippen LogP contribution in [0.15, 0.2) is 75.1 Å². The Morgan fingerprint density at radius 3 is 2.55 bits per heavy atom. The number of barbiturate groups is 1. The maximum Gasteiger partial charge on any atom is 0.338 e. The number of imide groups is 2. The highest BCUT2D eigenvalue weighted by Crippen LogP contribution is 2.27. The first-order chi connectivity index (χ1) is 15.9. The number of amides is 4. The van der Waals surface area contributed by atoms with Crippen LogP contribution in [0.1, 0.15) is 23.0 Å². The van der Waals surface area contributed by atoms with E-state index < -0.39 is 23.8 Å². The summed E-state index contributed by atoms with van der Waals surface area (Å²) in [5, 5.41) is 2.17. The highest BCUT2D eigenvalue weighted by molar-refractivity contribution is 9.10. The lowest BCUT2D eigenvalue weighted by Gasteiger charge is -2.26. The maximum absolute atomic E-state index is 13.0. The number of rotatable bonds is 5. The SMILES string of the molecule is CCOC(=O)c1ccc(-c2ccc(/C=C3\C(=O)NC(=O)N(c4cccc(Br)c4)C3=O)o2)cc1. The van der Waals surface area contributed by atoms with Gasteiger partial charge in [0.25, 0.3) is 11.8 Å². The summed E-state index contributed by atoms with van der Waals surface area (Å²) in [7, 11) is 0. The number of hydrogen-bond acceptors (Lipinski definition) is 6. The molecule has 3 aromatic rings.